The summed E-state index contributed by atoms with van der Waals surface area (Å²) in [6.45, 7) is 3.84. The molecule has 15 heavy (non-hydrogen) atoms. The number of carbonyl (C=O) groups excluding carboxylic acids is 1. The Morgan fingerprint density at radius 3 is 3.07 bits per heavy atom. The molecule has 0 spiro atoms. The van der Waals surface area contributed by atoms with Crippen molar-refractivity contribution in [3.8, 4) is 0 Å². The summed E-state index contributed by atoms with van der Waals surface area (Å²) >= 11 is 0. The maximum Gasteiger partial charge on any atom is 0.228 e. The van der Waals surface area contributed by atoms with E-state index in [1.165, 1.54) is 0 Å². The van der Waals surface area contributed by atoms with E-state index in [0.717, 1.165) is 32.0 Å². The number of aromatic nitrogens is 3. The van der Waals surface area contributed by atoms with Gasteiger partial charge < -0.3 is 14.8 Å². The van der Waals surface area contributed by atoms with E-state index in [2.05, 4.69) is 15.5 Å². The van der Waals surface area contributed by atoms with Gasteiger partial charge >= 0.3 is 0 Å². The van der Waals surface area contributed by atoms with Crippen molar-refractivity contribution in [2.24, 2.45) is 5.92 Å². The highest BCUT2D eigenvalue weighted by Crippen LogP contribution is 2.14. The third kappa shape index (κ3) is 1.41. The average molecular weight is 207 g/mol. The van der Waals surface area contributed by atoms with Crippen molar-refractivity contribution < 1.29 is 4.79 Å². The maximum absolute atomic E-state index is 11.9. The highest BCUT2D eigenvalue weighted by molar-refractivity contribution is 5.80. The zero-order chi connectivity index (χ0) is 10.3. The smallest absolute Gasteiger partial charge is 0.228 e. The number of hydrogen-bond acceptors (Lipinski definition) is 4. The normalized spacial score (nSPS) is 20.9. The second-order valence-corrected chi connectivity index (χ2v) is 4.06. The molecule has 0 aromatic carbocycles. The van der Waals surface area contributed by atoms with Crippen LogP contribution in [0.3, 0.4) is 0 Å². The van der Waals surface area contributed by atoms with Crippen LogP contribution in [0, 0.1) is 5.92 Å². The zero-order valence-electron chi connectivity index (χ0n) is 8.39. The highest BCUT2D eigenvalue weighted by atomic mass is 16.2. The molecule has 1 fully saturated rings. The van der Waals surface area contributed by atoms with Gasteiger partial charge in [-0.1, -0.05) is 0 Å². The Morgan fingerprint density at radius 1 is 1.47 bits per heavy atom. The number of fused-ring (bicyclic) bond motifs is 1. The first-order valence-electron chi connectivity index (χ1n) is 5.21. The van der Waals surface area contributed by atoms with Crippen LogP contribution in [0.1, 0.15) is 5.82 Å². The lowest BCUT2D eigenvalue weighted by atomic mass is 10.0. The van der Waals surface area contributed by atoms with Crippen LogP contribution >= 0.6 is 0 Å². The number of nitrogens with zero attached hydrogens (tertiary/aromatic N) is 4. The molecule has 1 aromatic heterocycles. The molecule has 0 aliphatic carbocycles. The number of carbonyl (C=O) groups is 1. The van der Waals surface area contributed by atoms with Crippen molar-refractivity contribution in [1.82, 2.24) is 25.0 Å². The van der Waals surface area contributed by atoms with Gasteiger partial charge in [0.1, 0.15) is 6.33 Å². The Bertz CT molecular complexity index is 384. The van der Waals surface area contributed by atoms with Crippen LogP contribution < -0.4 is 5.32 Å². The van der Waals surface area contributed by atoms with Gasteiger partial charge in [0, 0.05) is 26.2 Å². The molecule has 1 saturated heterocycles. The van der Waals surface area contributed by atoms with Crippen molar-refractivity contribution in [3.05, 3.63) is 12.2 Å². The highest BCUT2D eigenvalue weighted by Gasteiger charge is 2.31. The lowest BCUT2D eigenvalue weighted by molar-refractivity contribution is -0.138. The molecule has 2 aliphatic heterocycles. The summed E-state index contributed by atoms with van der Waals surface area (Å²) < 4.78 is 2.00. The van der Waals surface area contributed by atoms with Gasteiger partial charge in [-0.25, -0.2) is 0 Å². The van der Waals surface area contributed by atoms with E-state index in [9.17, 15) is 4.79 Å². The van der Waals surface area contributed by atoms with E-state index in [0.29, 0.717) is 6.54 Å². The average Bonchev–Trinajstić information content (AvgIpc) is 2.61. The van der Waals surface area contributed by atoms with Crippen LogP contribution in [0.4, 0.5) is 0 Å². The van der Waals surface area contributed by atoms with Crippen LogP contribution in [0.15, 0.2) is 6.33 Å². The summed E-state index contributed by atoms with van der Waals surface area (Å²) in [5.41, 5.74) is 0. The summed E-state index contributed by atoms with van der Waals surface area (Å²) in [6, 6.07) is 0. The first-order chi connectivity index (χ1) is 7.34. The van der Waals surface area contributed by atoms with Crippen LogP contribution in [0.2, 0.25) is 0 Å². The topological polar surface area (TPSA) is 63.1 Å². The second kappa shape index (κ2) is 3.30. The Labute approximate surface area is 87.3 Å². The molecule has 6 nitrogen and oxygen atoms in total. The van der Waals surface area contributed by atoms with Crippen molar-refractivity contribution in [3.63, 3.8) is 0 Å². The minimum Gasteiger partial charge on any atom is -0.333 e. The third-order valence-electron chi connectivity index (χ3n) is 3.08. The third-order valence-corrected chi connectivity index (χ3v) is 3.08. The predicted octanol–water partition coefficient (Wildman–Crippen LogP) is -1.16. The molecule has 0 radical (unpaired) electrons. The fourth-order valence-electron chi connectivity index (χ4n) is 1.98. The number of nitrogens with one attached hydrogen (secondary N) is 1. The monoisotopic (exact) mass is 207 g/mol. The van der Waals surface area contributed by atoms with Gasteiger partial charge in [-0.3, -0.25) is 4.79 Å². The minimum atomic E-state index is 0.180. The molecule has 1 aromatic rings. The summed E-state index contributed by atoms with van der Waals surface area (Å²) in [5.74, 6) is 1.32. The molecule has 0 saturated carbocycles. The summed E-state index contributed by atoms with van der Waals surface area (Å²) in [5, 5.41) is 10.9. The minimum absolute atomic E-state index is 0.180. The molecule has 6 heteroatoms. The second-order valence-electron chi connectivity index (χ2n) is 4.06. The Hall–Kier alpha value is -1.43. The standard InChI is InChI=1S/C9H13N5O/c15-9(7-3-10-4-7)13-1-2-14-6-11-12-8(14)5-13/h6-7,10H,1-5H2. The molecular weight excluding hydrogens is 194 g/mol. The van der Waals surface area contributed by atoms with Gasteiger partial charge in [0.15, 0.2) is 5.82 Å². The zero-order valence-corrected chi connectivity index (χ0v) is 8.39. The molecular formula is C9H13N5O. The van der Waals surface area contributed by atoms with Gasteiger partial charge in [0.25, 0.3) is 0 Å². The van der Waals surface area contributed by atoms with Crippen molar-refractivity contribution in [2.45, 2.75) is 13.1 Å². The van der Waals surface area contributed by atoms with E-state index < -0.39 is 0 Å². The first-order valence-corrected chi connectivity index (χ1v) is 5.21. The molecule has 3 rings (SSSR count). The van der Waals surface area contributed by atoms with E-state index in [1.54, 1.807) is 6.33 Å². The number of hydrogen-bond donors (Lipinski definition) is 1. The number of rotatable bonds is 1. The fraction of sp³-hybridized carbons (Fsp3) is 0.667. The van der Waals surface area contributed by atoms with E-state index in [1.807, 2.05) is 9.47 Å². The van der Waals surface area contributed by atoms with Gasteiger partial charge in [-0.2, -0.15) is 0 Å². The van der Waals surface area contributed by atoms with Crippen molar-refractivity contribution >= 4 is 5.91 Å². The van der Waals surface area contributed by atoms with Crippen molar-refractivity contribution in [2.75, 3.05) is 19.6 Å². The van der Waals surface area contributed by atoms with Crippen LogP contribution in [0.5, 0.6) is 0 Å². The molecule has 3 heterocycles. The first kappa shape index (κ1) is 8.84. The van der Waals surface area contributed by atoms with Gasteiger partial charge in [0.2, 0.25) is 5.91 Å². The van der Waals surface area contributed by atoms with Gasteiger partial charge in [-0.05, 0) is 0 Å². The largest absolute Gasteiger partial charge is 0.333 e. The van der Waals surface area contributed by atoms with E-state index in [4.69, 9.17) is 0 Å². The molecule has 0 atom stereocenters. The quantitative estimate of drug-likeness (QED) is 0.631. The SMILES string of the molecule is O=C(C1CNC1)N1CCn2cnnc2C1. The maximum atomic E-state index is 11.9. The molecule has 2 aliphatic rings. The Balaban J connectivity index is 1.72. The number of amides is 1. The molecule has 0 bridgehead atoms. The van der Waals surface area contributed by atoms with Crippen LogP contribution in [0.25, 0.3) is 0 Å². The Morgan fingerprint density at radius 2 is 2.33 bits per heavy atom. The molecule has 0 unspecified atom stereocenters. The van der Waals surface area contributed by atoms with Gasteiger partial charge in [-0.15, -0.1) is 10.2 Å². The summed E-state index contributed by atoms with van der Waals surface area (Å²) in [6.07, 6.45) is 1.72. The van der Waals surface area contributed by atoms with Crippen LogP contribution in [-0.4, -0.2) is 45.2 Å². The Kier molecular flexibility index (Phi) is 1.95. The van der Waals surface area contributed by atoms with E-state index >= 15 is 0 Å². The lowest BCUT2D eigenvalue weighted by Crippen LogP contribution is -2.53. The fourth-order valence-corrected chi connectivity index (χ4v) is 1.98. The molecule has 80 valence electrons. The van der Waals surface area contributed by atoms with Gasteiger partial charge in [0.05, 0.1) is 12.5 Å². The summed E-state index contributed by atoms with van der Waals surface area (Å²) in [7, 11) is 0. The lowest BCUT2D eigenvalue weighted by Gasteiger charge is -2.34. The van der Waals surface area contributed by atoms with Crippen LogP contribution in [-0.2, 0) is 17.9 Å². The predicted molar refractivity (Wildman–Crippen MR) is 51.8 cm³/mol. The molecule has 1 amide bonds. The molecule has 1 N–H and O–H groups in total. The van der Waals surface area contributed by atoms with E-state index in [-0.39, 0.29) is 11.8 Å². The summed E-state index contributed by atoms with van der Waals surface area (Å²) in [4.78, 5) is 13.8. The van der Waals surface area contributed by atoms with Crippen molar-refractivity contribution in [1.29, 1.82) is 0 Å².